The second-order valence-corrected chi connectivity index (χ2v) is 4.22. The Balaban J connectivity index is 2.68. The normalized spacial score (nSPS) is 10.4. The monoisotopic (exact) mass is 288 g/mol. The molecule has 0 fully saturated rings. The summed E-state index contributed by atoms with van der Waals surface area (Å²) in [6, 6.07) is 7.31. The zero-order valence-electron chi connectivity index (χ0n) is 8.75. The molecule has 0 saturated carbocycles. The van der Waals surface area contributed by atoms with E-state index in [1.165, 1.54) is 0 Å². The van der Waals surface area contributed by atoms with Gasteiger partial charge in [-0.2, -0.15) is 0 Å². The molecular weight excluding hydrogens is 282 g/mol. The second kappa shape index (κ2) is 5.08. The molecule has 3 nitrogen and oxygen atoms in total. The average Bonchev–Trinajstić information content (AvgIpc) is 2.33. The van der Waals surface area contributed by atoms with Crippen molar-refractivity contribution >= 4 is 34.8 Å². The molecule has 0 saturated heterocycles. The van der Waals surface area contributed by atoms with Crippen molar-refractivity contribution in [2.45, 2.75) is 0 Å². The van der Waals surface area contributed by atoms with E-state index in [0.717, 1.165) is 0 Å². The van der Waals surface area contributed by atoms with Crippen LogP contribution >= 0.6 is 34.8 Å². The van der Waals surface area contributed by atoms with Crippen LogP contribution in [0.3, 0.4) is 0 Å². The van der Waals surface area contributed by atoms with Gasteiger partial charge in [-0.05, 0) is 23.7 Å². The molecule has 6 heteroatoms. The first-order valence-corrected chi connectivity index (χ1v) is 5.78. The van der Waals surface area contributed by atoms with Crippen molar-refractivity contribution in [1.82, 2.24) is 9.97 Å². The van der Waals surface area contributed by atoms with Gasteiger partial charge in [0.05, 0.1) is 12.8 Å². The molecule has 1 aromatic carbocycles. The Morgan fingerprint density at radius 3 is 2.47 bits per heavy atom. The summed E-state index contributed by atoms with van der Waals surface area (Å²) in [7, 11) is 1.57. The van der Waals surface area contributed by atoms with E-state index in [-0.39, 0.29) is 15.5 Å². The summed E-state index contributed by atoms with van der Waals surface area (Å²) in [4.78, 5) is 7.83. The van der Waals surface area contributed by atoms with Gasteiger partial charge in [-0.3, -0.25) is 0 Å². The van der Waals surface area contributed by atoms with Crippen molar-refractivity contribution in [3.05, 3.63) is 39.7 Å². The minimum Gasteiger partial charge on any atom is -0.496 e. The van der Waals surface area contributed by atoms with Crippen LogP contribution in [-0.4, -0.2) is 17.1 Å². The van der Waals surface area contributed by atoms with Crippen LogP contribution in [0.1, 0.15) is 0 Å². The number of rotatable bonds is 2. The van der Waals surface area contributed by atoms with Crippen molar-refractivity contribution in [1.29, 1.82) is 0 Å². The molecule has 1 heterocycles. The van der Waals surface area contributed by atoms with E-state index in [9.17, 15) is 0 Å². The van der Waals surface area contributed by atoms with Crippen LogP contribution in [0.15, 0.2) is 24.3 Å². The van der Waals surface area contributed by atoms with E-state index in [0.29, 0.717) is 17.0 Å². The Labute approximate surface area is 113 Å². The van der Waals surface area contributed by atoms with E-state index in [1.54, 1.807) is 13.2 Å². The molecule has 0 bridgehead atoms. The highest BCUT2D eigenvalue weighted by atomic mass is 35.5. The minimum atomic E-state index is 0.0420. The van der Waals surface area contributed by atoms with Crippen LogP contribution in [0.2, 0.25) is 15.5 Å². The Hall–Kier alpha value is -1.03. The van der Waals surface area contributed by atoms with Crippen molar-refractivity contribution < 1.29 is 4.74 Å². The van der Waals surface area contributed by atoms with Gasteiger partial charge in [-0.1, -0.05) is 35.3 Å². The van der Waals surface area contributed by atoms with Gasteiger partial charge in [0.1, 0.15) is 10.8 Å². The number of ether oxygens (including phenoxy) is 1. The fourth-order valence-electron chi connectivity index (χ4n) is 1.41. The summed E-state index contributed by atoms with van der Waals surface area (Å²) < 4.78 is 5.23. The maximum Gasteiger partial charge on any atom is 0.224 e. The first-order valence-electron chi connectivity index (χ1n) is 4.65. The molecule has 0 atom stereocenters. The highest BCUT2D eigenvalue weighted by Crippen LogP contribution is 2.36. The second-order valence-electron chi connectivity index (χ2n) is 3.15. The fraction of sp³-hybridized carbons (Fsp3) is 0.0909. The van der Waals surface area contributed by atoms with Crippen LogP contribution in [0.5, 0.6) is 5.75 Å². The Kier molecular flexibility index (Phi) is 3.72. The van der Waals surface area contributed by atoms with E-state index in [2.05, 4.69) is 9.97 Å². The summed E-state index contributed by atoms with van der Waals surface area (Å²) in [5.74, 6) is 0.639. The van der Waals surface area contributed by atoms with Gasteiger partial charge in [0.2, 0.25) is 5.28 Å². The molecule has 0 radical (unpaired) electrons. The maximum absolute atomic E-state index is 6.06. The lowest BCUT2D eigenvalue weighted by Gasteiger charge is -2.09. The molecular formula is C11H7Cl3N2O. The van der Waals surface area contributed by atoms with Crippen molar-refractivity contribution in [3.63, 3.8) is 0 Å². The predicted molar refractivity (Wildman–Crippen MR) is 69.1 cm³/mol. The number of hydrogen-bond donors (Lipinski definition) is 0. The van der Waals surface area contributed by atoms with Gasteiger partial charge < -0.3 is 4.74 Å². The Bertz CT molecular complexity index is 560. The topological polar surface area (TPSA) is 35.0 Å². The molecule has 0 spiro atoms. The van der Waals surface area contributed by atoms with Crippen LogP contribution in [0.4, 0.5) is 0 Å². The molecule has 0 amide bonds. The Morgan fingerprint density at radius 2 is 1.76 bits per heavy atom. The zero-order chi connectivity index (χ0) is 12.4. The number of halogens is 3. The lowest BCUT2D eigenvalue weighted by atomic mass is 10.1. The van der Waals surface area contributed by atoms with E-state index >= 15 is 0 Å². The molecule has 17 heavy (non-hydrogen) atoms. The summed E-state index contributed by atoms with van der Waals surface area (Å²) >= 11 is 17.7. The third-order valence-electron chi connectivity index (χ3n) is 2.15. The minimum absolute atomic E-state index is 0.0420. The number of methoxy groups -OCH3 is 1. The number of hydrogen-bond acceptors (Lipinski definition) is 3. The molecule has 2 rings (SSSR count). The molecule has 0 unspecified atom stereocenters. The van der Waals surface area contributed by atoms with Gasteiger partial charge in [-0.15, -0.1) is 0 Å². The lowest BCUT2D eigenvalue weighted by Crippen LogP contribution is -1.94. The van der Waals surface area contributed by atoms with Gasteiger partial charge in [-0.25, -0.2) is 9.97 Å². The number of nitrogens with zero attached hydrogens (tertiary/aromatic N) is 2. The smallest absolute Gasteiger partial charge is 0.224 e. The SMILES string of the molecule is COc1ccccc1-c1nc(Cl)nc(Cl)c1Cl. The van der Waals surface area contributed by atoms with Gasteiger partial charge >= 0.3 is 0 Å². The number of para-hydroxylation sites is 1. The zero-order valence-corrected chi connectivity index (χ0v) is 11.0. The van der Waals surface area contributed by atoms with Crippen LogP contribution in [0, 0.1) is 0 Å². The van der Waals surface area contributed by atoms with Crippen LogP contribution in [0.25, 0.3) is 11.3 Å². The van der Waals surface area contributed by atoms with Crippen molar-refractivity contribution in [2.24, 2.45) is 0 Å². The van der Waals surface area contributed by atoms with Gasteiger partial charge in [0, 0.05) is 5.56 Å². The van der Waals surface area contributed by atoms with Crippen LogP contribution in [-0.2, 0) is 0 Å². The fourth-order valence-corrected chi connectivity index (χ4v) is 1.98. The summed E-state index contributed by atoms with van der Waals surface area (Å²) in [5, 5.41) is 0.411. The lowest BCUT2D eigenvalue weighted by molar-refractivity contribution is 0.416. The van der Waals surface area contributed by atoms with E-state index in [4.69, 9.17) is 39.5 Å². The summed E-state index contributed by atoms with van der Waals surface area (Å²) in [6.07, 6.45) is 0. The van der Waals surface area contributed by atoms with Crippen molar-refractivity contribution in [2.75, 3.05) is 7.11 Å². The average molecular weight is 290 g/mol. The quantitative estimate of drug-likeness (QED) is 0.616. The highest BCUT2D eigenvalue weighted by Gasteiger charge is 2.15. The molecule has 0 aliphatic heterocycles. The van der Waals surface area contributed by atoms with Crippen LogP contribution < -0.4 is 4.74 Å². The summed E-state index contributed by atoms with van der Waals surface area (Å²) in [5.41, 5.74) is 1.17. The van der Waals surface area contributed by atoms with Gasteiger partial charge in [0.15, 0.2) is 5.15 Å². The molecule has 88 valence electrons. The first-order chi connectivity index (χ1) is 8.13. The highest BCUT2D eigenvalue weighted by molar-refractivity contribution is 6.43. The first kappa shape index (κ1) is 12.4. The number of aromatic nitrogens is 2. The van der Waals surface area contributed by atoms with Crippen molar-refractivity contribution in [3.8, 4) is 17.0 Å². The van der Waals surface area contributed by atoms with Gasteiger partial charge in [0.25, 0.3) is 0 Å². The van der Waals surface area contributed by atoms with E-state index < -0.39 is 0 Å². The van der Waals surface area contributed by atoms with E-state index in [1.807, 2.05) is 18.2 Å². The third kappa shape index (κ3) is 2.46. The maximum atomic E-state index is 6.06. The molecule has 0 N–H and O–H groups in total. The number of benzene rings is 1. The standard InChI is InChI=1S/C11H7Cl3N2O/c1-17-7-5-3-2-4-6(7)9-8(12)10(13)16-11(14)15-9/h2-5H,1H3. The third-order valence-corrected chi connectivity index (χ3v) is 3.04. The molecule has 2 aromatic rings. The molecule has 0 aliphatic rings. The summed E-state index contributed by atoms with van der Waals surface area (Å²) in [6.45, 7) is 0. The predicted octanol–water partition coefficient (Wildman–Crippen LogP) is 4.11. The molecule has 1 aromatic heterocycles. The molecule has 0 aliphatic carbocycles. The Morgan fingerprint density at radius 1 is 1.06 bits per heavy atom. The largest absolute Gasteiger partial charge is 0.496 e.